The highest BCUT2D eigenvalue weighted by molar-refractivity contribution is 5.90. The van der Waals surface area contributed by atoms with E-state index in [1.54, 1.807) is 12.1 Å². The first kappa shape index (κ1) is 17.5. The van der Waals surface area contributed by atoms with Gasteiger partial charge in [-0.3, -0.25) is 0 Å². The molecule has 6 nitrogen and oxygen atoms in total. The van der Waals surface area contributed by atoms with Crippen LogP contribution in [0.1, 0.15) is 11.1 Å². The quantitative estimate of drug-likeness (QED) is 0.909. The minimum atomic E-state index is -4.56. The number of halogens is 3. The van der Waals surface area contributed by atoms with Crippen LogP contribution in [0.25, 0.3) is 0 Å². The molecule has 1 aromatic carbocycles. The Kier molecular flexibility index (Phi) is 4.67. The largest absolute Gasteiger partial charge is 0.470 e. The average Bonchev–Trinajstić information content (AvgIpc) is 2.57. The lowest BCUT2D eigenvalue weighted by atomic mass is 10.1. The van der Waals surface area contributed by atoms with Gasteiger partial charge in [0, 0.05) is 6.20 Å². The molecule has 134 valence electrons. The summed E-state index contributed by atoms with van der Waals surface area (Å²) < 4.78 is 44.4. The van der Waals surface area contributed by atoms with Crippen LogP contribution >= 0.6 is 0 Å². The van der Waals surface area contributed by atoms with E-state index in [0.29, 0.717) is 0 Å². The summed E-state index contributed by atoms with van der Waals surface area (Å²) in [6.07, 6.45) is -3.45. The Labute approximate surface area is 146 Å². The molecular formula is C17H13F3N4O2. The second-order valence-electron chi connectivity index (χ2n) is 5.59. The standard InChI is InChI=1S/C17H13F3N4O2/c18-17(19,20)13-5-1-2-6-14(13)23-16(25)24-9-12(10-24)26-15-11(8-21)4-3-7-22-15/h1-7,12H,9-10H2,(H,23,25). The molecule has 1 aromatic heterocycles. The van der Waals surface area contributed by atoms with E-state index in [-0.39, 0.29) is 36.3 Å². The molecule has 1 aliphatic heterocycles. The molecule has 2 heterocycles. The number of carbonyl (C=O) groups is 1. The van der Waals surface area contributed by atoms with Gasteiger partial charge in [-0.1, -0.05) is 12.1 Å². The number of pyridine rings is 1. The van der Waals surface area contributed by atoms with Crippen molar-refractivity contribution in [1.29, 1.82) is 5.26 Å². The van der Waals surface area contributed by atoms with Crippen molar-refractivity contribution < 1.29 is 22.7 Å². The van der Waals surface area contributed by atoms with Crippen LogP contribution in [-0.2, 0) is 6.18 Å². The van der Waals surface area contributed by atoms with Crippen LogP contribution in [0.3, 0.4) is 0 Å². The van der Waals surface area contributed by atoms with Gasteiger partial charge in [-0.05, 0) is 24.3 Å². The Morgan fingerprint density at radius 1 is 1.27 bits per heavy atom. The molecule has 0 aliphatic carbocycles. The lowest BCUT2D eigenvalue weighted by Gasteiger charge is -2.38. The lowest BCUT2D eigenvalue weighted by molar-refractivity contribution is -0.136. The topological polar surface area (TPSA) is 78.2 Å². The molecule has 3 rings (SSSR count). The SMILES string of the molecule is N#Cc1cccnc1OC1CN(C(=O)Nc2ccccc2C(F)(F)F)C1. The summed E-state index contributed by atoms with van der Waals surface area (Å²) in [7, 11) is 0. The number of nitrogens with zero attached hydrogens (tertiary/aromatic N) is 3. The second kappa shape index (κ2) is 6.92. The van der Waals surface area contributed by atoms with Gasteiger partial charge in [-0.15, -0.1) is 0 Å². The third-order valence-electron chi connectivity index (χ3n) is 3.78. The van der Waals surface area contributed by atoms with Crippen molar-refractivity contribution >= 4 is 11.7 Å². The van der Waals surface area contributed by atoms with E-state index in [2.05, 4.69) is 10.3 Å². The van der Waals surface area contributed by atoms with Crippen molar-refractivity contribution in [3.8, 4) is 11.9 Å². The number of carbonyl (C=O) groups excluding carboxylic acids is 1. The molecule has 2 aromatic rings. The predicted molar refractivity (Wildman–Crippen MR) is 85.4 cm³/mol. The van der Waals surface area contributed by atoms with E-state index in [0.717, 1.165) is 6.07 Å². The third-order valence-corrected chi connectivity index (χ3v) is 3.78. The first-order chi connectivity index (χ1) is 12.4. The molecule has 0 unspecified atom stereocenters. The molecule has 1 saturated heterocycles. The van der Waals surface area contributed by atoms with Gasteiger partial charge in [0.25, 0.3) is 0 Å². The normalized spacial score (nSPS) is 14.3. The zero-order valence-electron chi connectivity index (χ0n) is 13.3. The van der Waals surface area contributed by atoms with Gasteiger partial charge in [-0.2, -0.15) is 18.4 Å². The first-order valence-electron chi connectivity index (χ1n) is 7.62. The van der Waals surface area contributed by atoms with Crippen LogP contribution in [0.5, 0.6) is 5.88 Å². The van der Waals surface area contributed by atoms with Crippen molar-refractivity contribution in [2.24, 2.45) is 0 Å². The maximum atomic E-state index is 13.0. The Hall–Kier alpha value is -3.28. The number of para-hydroxylation sites is 1. The highest BCUT2D eigenvalue weighted by Crippen LogP contribution is 2.34. The molecule has 0 atom stereocenters. The minimum Gasteiger partial charge on any atom is -0.470 e. The molecule has 0 saturated carbocycles. The summed E-state index contributed by atoms with van der Waals surface area (Å²) in [6.45, 7) is 0.364. The van der Waals surface area contributed by atoms with E-state index in [1.807, 2.05) is 6.07 Å². The third kappa shape index (κ3) is 3.69. The van der Waals surface area contributed by atoms with Gasteiger partial charge >= 0.3 is 12.2 Å². The zero-order valence-corrected chi connectivity index (χ0v) is 13.3. The minimum absolute atomic E-state index is 0.169. The molecule has 2 amide bonds. The summed E-state index contributed by atoms with van der Waals surface area (Å²) in [4.78, 5) is 17.4. The molecule has 1 aliphatic rings. The van der Waals surface area contributed by atoms with E-state index in [1.165, 1.54) is 29.3 Å². The van der Waals surface area contributed by atoms with E-state index in [4.69, 9.17) is 10.00 Å². The molecule has 0 bridgehead atoms. The number of aromatic nitrogens is 1. The maximum absolute atomic E-state index is 13.0. The van der Waals surface area contributed by atoms with Crippen LogP contribution in [0, 0.1) is 11.3 Å². The molecule has 1 N–H and O–H groups in total. The number of amides is 2. The number of nitrogens with one attached hydrogen (secondary N) is 1. The van der Waals surface area contributed by atoms with E-state index < -0.39 is 17.8 Å². The van der Waals surface area contributed by atoms with E-state index in [9.17, 15) is 18.0 Å². The smallest absolute Gasteiger partial charge is 0.418 e. The highest BCUT2D eigenvalue weighted by atomic mass is 19.4. The number of hydrogen-bond acceptors (Lipinski definition) is 4. The number of anilines is 1. The number of nitriles is 1. The van der Waals surface area contributed by atoms with Gasteiger partial charge in [0.1, 0.15) is 17.7 Å². The van der Waals surface area contributed by atoms with Crippen molar-refractivity contribution in [3.05, 3.63) is 53.7 Å². The number of hydrogen-bond donors (Lipinski definition) is 1. The van der Waals surface area contributed by atoms with Gasteiger partial charge in [0.2, 0.25) is 5.88 Å². The van der Waals surface area contributed by atoms with Crippen LogP contribution in [-0.4, -0.2) is 35.1 Å². The highest BCUT2D eigenvalue weighted by Gasteiger charge is 2.36. The summed E-state index contributed by atoms with van der Waals surface area (Å²) in [5.41, 5.74) is -0.936. The molecular weight excluding hydrogens is 349 g/mol. The molecule has 9 heteroatoms. The average molecular weight is 362 g/mol. The zero-order chi connectivity index (χ0) is 18.7. The number of urea groups is 1. The first-order valence-corrected chi connectivity index (χ1v) is 7.62. The van der Waals surface area contributed by atoms with Crippen molar-refractivity contribution in [1.82, 2.24) is 9.88 Å². The number of rotatable bonds is 3. The molecule has 26 heavy (non-hydrogen) atoms. The predicted octanol–water partition coefficient (Wildman–Crippen LogP) is 3.27. The van der Waals surface area contributed by atoms with Crippen molar-refractivity contribution in [2.45, 2.75) is 12.3 Å². The Morgan fingerprint density at radius 2 is 2.00 bits per heavy atom. The van der Waals surface area contributed by atoms with Crippen molar-refractivity contribution in [3.63, 3.8) is 0 Å². The number of likely N-dealkylation sites (tertiary alicyclic amines) is 1. The Balaban J connectivity index is 1.59. The lowest BCUT2D eigenvalue weighted by Crippen LogP contribution is -2.57. The fraction of sp³-hybridized carbons (Fsp3) is 0.235. The van der Waals surface area contributed by atoms with Crippen LogP contribution in [0.15, 0.2) is 42.6 Å². The van der Waals surface area contributed by atoms with Crippen LogP contribution < -0.4 is 10.1 Å². The summed E-state index contributed by atoms with van der Waals surface area (Å²) in [5.74, 6) is 0.169. The van der Waals surface area contributed by atoms with Gasteiger partial charge in [-0.25, -0.2) is 9.78 Å². The summed E-state index contributed by atoms with van der Waals surface area (Å²) in [6, 6.07) is 9.23. The number of ether oxygens (including phenoxy) is 1. The fourth-order valence-electron chi connectivity index (χ4n) is 2.44. The Bertz CT molecular complexity index is 858. The van der Waals surface area contributed by atoms with Crippen LogP contribution in [0.4, 0.5) is 23.7 Å². The van der Waals surface area contributed by atoms with E-state index >= 15 is 0 Å². The van der Waals surface area contributed by atoms with Gasteiger partial charge in [0.15, 0.2) is 0 Å². The Morgan fingerprint density at radius 3 is 2.69 bits per heavy atom. The summed E-state index contributed by atoms with van der Waals surface area (Å²) >= 11 is 0. The van der Waals surface area contributed by atoms with Gasteiger partial charge in [0.05, 0.1) is 24.3 Å². The fourth-order valence-corrected chi connectivity index (χ4v) is 2.44. The van der Waals surface area contributed by atoms with Crippen molar-refractivity contribution in [2.75, 3.05) is 18.4 Å². The number of benzene rings is 1. The number of alkyl halides is 3. The molecule has 0 spiro atoms. The van der Waals surface area contributed by atoms with Crippen LogP contribution in [0.2, 0.25) is 0 Å². The summed E-state index contributed by atoms with van der Waals surface area (Å²) in [5, 5.41) is 11.3. The monoisotopic (exact) mass is 362 g/mol. The molecule has 1 fully saturated rings. The van der Waals surface area contributed by atoms with Gasteiger partial charge < -0.3 is 15.0 Å². The maximum Gasteiger partial charge on any atom is 0.418 e. The molecule has 0 radical (unpaired) electrons. The second-order valence-corrected chi connectivity index (χ2v) is 5.59.